The van der Waals surface area contributed by atoms with Gasteiger partial charge in [0, 0.05) is 18.3 Å². The van der Waals surface area contributed by atoms with Crippen molar-refractivity contribution in [1.82, 2.24) is 4.57 Å². The number of methoxy groups -OCH3 is 1. The van der Waals surface area contributed by atoms with Gasteiger partial charge in [-0.3, -0.25) is 4.79 Å². The van der Waals surface area contributed by atoms with Crippen molar-refractivity contribution >= 4 is 5.69 Å². The molecule has 2 N–H and O–H groups in total. The Hall–Kier alpha value is -2.43. The Morgan fingerprint density at radius 3 is 2.84 bits per heavy atom. The molecule has 1 aromatic carbocycles. The molecule has 0 aliphatic heterocycles. The summed E-state index contributed by atoms with van der Waals surface area (Å²) in [4.78, 5) is 11.5. The maximum atomic E-state index is 11.5. The summed E-state index contributed by atoms with van der Waals surface area (Å²) in [6.45, 7) is 0.831. The molecule has 19 heavy (non-hydrogen) atoms. The maximum Gasteiger partial charge on any atom is 0.250 e. The normalized spacial score (nSPS) is 10.2. The van der Waals surface area contributed by atoms with E-state index < -0.39 is 0 Å². The minimum Gasteiger partial charge on any atom is -0.497 e. The minimum atomic E-state index is -0.0512. The van der Waals surface area contributed by atoms with Gasteiger partial charge in [0.05, 0.1) is 19.3 Å². The van der Waals surface area contributed by atoms with Crippen LogP contribution in [0.25, 0.3) is 0 Å². The van der Waals surface area contributed by atoms with E-state index in [1.165, 1.54) is 6.07 Å². The fourth-order valence-electron chi connectivity index (χ4n) is 1.67. The first-order valence-electron chi connectivity index (χ1n) is 5.92. The van der Waals surface area contributed by atoms with E-state index in [9.17, 15) is 4.79 Å². The van der Waals surface area contributed by atoms with E-state index in [0.717, 1.165) is 0 Å². The van der Waals surface area contributed by atoms with Crippen LogP contribution in [0.4, 0.5) is 5.69 Å². The van der Waals surface area contributed by atoms with E-state index in [4.69, 9.17) is 15.2 Å². The summed E-state index contributed by atoms with van der Waals surface area (Å²) in [6, 6.07) is 10.2. The van der Waals surface area contributed by atoms with Crippen molar-refractivity contribution < 1.29 is 9.47 Å². The third kappa shape index (κ3) is 3.28. The lowest BCUT2D eigenvalue weighted by Crippen LogP contribution is -2.21. The minimum absolute atomic E-state index is 0.0512. The highest BCUT2D eigenvalue weighted by molar-refractivity contribution is 5.55. The van der Waals surface area contributed by atoms with Gasteiger partial charge >= 0.3 is 0 Å². The highest BCUT2D eigenvalue weighted by atomic mass is 16.5. The van der Waals surface area contributed by atoms with E-state index >= 15 is 0 Å². The summed E-state index contributed by atoms with van der Waals surface area (Å²) in [5, 5.41) is 0. The highest BCUT2D eigenvalue weighted by Gasteiger charge is 2.03. The zero-order chi connectivity index (χ0) is 13.7. The smallest absolute Gasteiger partial charge is 0.250 e. The number of benzene rings is 1. The second-order valence-corrected chi connectivity index (χ2v) is 3.98. The van der Waals surface area contributed by atoms with Gasteiger partial charge in [0.2, 0.25) is 0 Å². The number of nitrogens with two attached hydrogens (primary N) is 1. The number of nitrogen functional groups attached to an aromatic ring is 1. The van der Waals surface area contributed by atoms with E-state index in [0.29, 0.717) is 30.3 Å². The van der Waals surface area contributed by atoms with Gasteiger partial charge in [0.15, 0.2) is 0 Å². The average Bonchev–Trinajstić information content (AvgIpc) is 2.43. The van der Waals surface area contributed by atoms with Crippen molar-refractivity contribution in [3.05, 3.63) is 52.9 Å². The van der Waals surface area contributed by atoms with Gasteiger partial charge in [-0.2, -0.15) is 0 Å². The molecule has 0 unspecified atom stereocenters. The van der Waals surface area contributed by atoms with Gasteiger partial charge in [0.1, 0.15) is 18.1 Å². The summed E-state index contributed by atoms with van der Waals surface area (Å²) < 4.78 is 12.3. The van der Waals surface area contributed by atoms with Crippen molar-refractivity contribution in [3.8, 4) is 11.5 Å². The summed E-state index contributed by atoms with van der Waals surface area (Å²) >= 11 is 0. The maximum absolute atomic E-state index is 11.5. The van der Waals surface area contributed by atoms with Crippen molar-refractivity contribution in [2.24, 2.45) is 0 Å². The van der Waals surface area contributed by atoms with E-state index in [2.05, 4.69) is 0 Å². The number of rotatable bonds is 5. The molecule has 1 aromatic heterocycles. The second-order valence-electron chi connectivity index (χ2n) is 3.98. The molecule has 0 amide bonds. The molecule has 1 heterocycles. The zero-order valence-corrected chi connectivity index (χ0v) is 10.7. The Bertz CT molecular complexity index is 608. The predicted octanol–water partition coefficient (Wildman–Crippen LogP) is 1.52. The van der Waals surface area contributed by atoms with Crippen molar-refractivity contribution in [1.29, 1.82) is 0 Å². The average molecular weight is 260 g/mol. The lowest BCUT2D eigenvalue weighted by molar-refractivity contribution is 0.296. The third-order valence-corrected chi connectivity index (χ3v) is 2.71. The summed E-state index contributed by atoms with van der Waals surface area (Å²) in [7, 11) is 1.58. The Kier molecular flexibility index (Phi) is 4.07. The van der Waals surface area contributed by atoms with Gasteiger partial charge in [0.25, 0.3) is 5.56 Å². The first-order chi connectivity index (χ1) is 9.20. The molecule has 0 radical (unpaired) electrons. The van der Waals surface area contributed by atoms with Crippen LogP contribution in [0.5, 0.6) is 11.5 Å². The molecule has 0 saturated carbocycles. The van der Waals surface area contributed by atoms with Crippen LogP contribution in [0.15, 0.2) is 47.4 Å². The molecule has 5 heteroatoms. The van der Waals surface area contributed by atoms with Crippen LogP contribution >= 0.6 is 0 Å². The fourth-order valence-corrected chi connectivity index (χ4v) is 1.67. The van der Waals surface area contributed by atoms with Crippen LogP contribution in [0.1, 0.15) is 0 Å². The van der Waals surface area contributed by atoms with E-state index in [1.54, 1.807) is 48.2 Å². The van der Waals surface area contributed by atoms with Gasteiger partial charge in [-0.1, -0.05) is 6.07 Å². The van der Waals surface area contributed by atoms with Crippen LogP contribution in [-0.4, -0.2) is 18.3 Å². The molecule has 2 rings (SSSR count). The largest absolute Gasteiger partial charge is 0.497 e. The van der Waals surface area contributed by atoms with E-state index in [-0.39, 0.29) is 5.56 Å². The van der Waals surface area contributed by atoms with Crippen LogP contribution in [0, 0.1) is 0 Å². The number of hydrogen-bond donors (Lipinski definition) is 1. The molecule has 0 bridgehead atoms. The van der Waals surface area contributed by atoms with E-state index in [1.807, 2.05) is 0 Å². The third-order valence-electron chi connectivity index (χ3n) is 2.71. The molecule has 0 aliphatic rings. The highest BCUT2D eigenvalue weighted by Crippen LogP contribution is 2.26. The molecule has 0 fully saturated rings. The summed E-state index contributed by atoms with van der Waals surface area (Å²) in [5.41, 5.74) is 6.30. The standard InChI is InChI=1S/C14H16N2O3/c1-18-11-5-6-12(15)13(10-11)19-9-8-16-7-3-2-4-14(16)17/h2-7,10H,8-9,15H2,1H3. The molecule has 2 aromatic rings. The Morgan fingerprint density at radius 1 is 1.26 bits per heavy atom. The molecule has 0 aliphatic carbocycles. The number of nitrogens with zero attached hydrogens (tertiary/aromatic N) is 1. The predicted molar refractivity (Wildman–Crippen MR) is 73.6 cm³/mol. The molecule has 0 saturated heterocycles. The first-order valence-corrected chi connectivity index (χ1v) is 5.92. The van der Waals surface area contributed by atoms with Gasteiger partial charge in [-0.25, -0.2) is 0 Å². The van der Waals surface area contributed by atoms with Crippen LogP contribution in [-0.2, 0) is 6.54 Å². The first kappa shape index (κ1) is 13.0. The summed E-state index contributed by atoms with van der Waals surface area (Å²) in [5.74, 6) is 1.24. The monoisotopic (exact) mass is 260 g/mol. The van der Waals surface area contributed by atoms with Crippen molar-refractivity contribution in [3.63, 3.8) is 0 Å². The number of hydrogen-bond acceptors (Lipinski definition) is 4. The molecule has 5 nitrogen and oxygen atoms in total. The topological polar surface area (TPSA) is 66.5 Å². The molecule has 0 spiro atoms. The molecular weight excluding hydrogens is 244 g/mol. The lowest BCUT2D eigenvalue weighted by Gasteiger charge is -2.11. The zero-order valence-electron chi connectivity index (χ0n) is 10.7. The number of ether oxygens (including phenoxy) is 2. The van der Waals surface area contributed by atoms with Gasteiger partial charge in [-0.15, -0.1) is 0 Å². The Balaban J connectivity index is 2.00. The van der Waals surface area contributed by atoms with Gasteiger partial charge in [-0.05, 0) is 18.2 Å². The van der Waals surface area contributed by atoms with Crippen LogP contribution in [0.3, 0.4) is 0 Å². The van der Waals surface area contributed by atoms with Crippen molar-refractivity contribution in [2.75, 3.05) is 19.5 Å². The Morgan fingerprint density at radius 2 is 2.11 bits per heavy atom. The number of anilines is 1. The molecule has 100 valence electrons. The molecular formula is C14H16N2O3. The van der Waals surface area contributed by atoms with Gasteiger partial charge < -0.3 is 19.8 Å². The van der Waals surface area contributed by atoms with Crippen LogP contribution in [0.2, 0.25) is 0 Å². The summed E-state index contributed by atoms with van der Waals surface area (Å²) in [6.07, 6.45) is 1.72. The van der Waals surface area contributed by atoms with Crippen molar-refractivity contribution in [2.45, 2.75) is 6.54 Å². The number of pyridine rings is 1. The lowest BCUT2D eigenvalue weighted by atomic mass is 10.3. The fraction of sp³-hybridized carbons (Fsp3) is 0.214. The second kappa shape index (κ2) is 5.95. The quantitative estimate of drug-likeness (QED) is 0.828. The molecule has 0 atom stereocenters. The SMILES string of the molecule is COc1ccc(N)c(OCCn2ccccc2=O)c1. The number of aromatic nitrogens is 1. The Labute approximate surface area is 111 Å². The van der Waals surface area contributed by atoms with Crippen LogP contribution < -0.4 is 20.8 Å².